The summed E-state index contributed by atoms with van der Waals surface area (Å²) in [7, 11) is 0. The fraction of sp³-hybridized carbons (Fsp3) is 0.167. The quantitative estimate of drug-likeness (QED) is 0.465. The van der Waals surface area contributed by atoms with Crippen LogP contribution in [0.4, 0.5) is 11.4 Å². The second-order valence-corrected chi connectivity index (χ2v) is 3.67. The first-order chi connectivity index (χ1) is 8.95. The number of benzene rings is 1. The van der Waals surface area contributed by atoms with Crippen LogP contribution in [0.2, 0.25) is 0 Å². The van der Waals surface area contributed by atoms with Crippen molar-refractivity contribution in [1.29, 1.82) is 0 Å². The van der Waals surface area contributed by atoms with Crippen molar-refractivity contribution < 1.29 is 19.6 Å². The smallest absolute Gasteiger partial charge is 0.337 e. The number of allylic oxidation sites excluding steroid dienone is 1. The van der Waals surface area contributed by atoms with Crippen molar-refractivity contribution in [2.24, 2.45) is 0 Å². The SMILES string of the molecule is C=CCCC(=O)Nc1cc([N+](=O)[O-])ccc1C(=O)O. The molecule has 0 fully saturated rings. The molecular weight excluding hydrogens is 252 g/mol. The fourth-order valence-electron chi connectivity index (χ4n) is 1.38. The summed E-state index contributed by atoms with van der Waals surface area (Å²) < 4.78 is 0. The Bertz CT molecular complexity index is 539. The van der Waals surface area contributed by atoms with Crippen LogP contribution in [-0.2, 0) is 4.79 Å². The van der Waals surface area contributed by atoms with Crippen LogP contribution >= 0.6 is 0 Å². The van der Waals surface area contributed by atoms with Crippen molar-refractivity contribution in [3.63, 3.8) is 0 Å². The third-order valence-corrected chi connectivity index (χ3v) is 2.29. The first-order valence-corrected chi connectivity index (χ1v) is 5.38. The van der Waals surface area contributed by atoms with E-state index in [1.165, 1.54) is 0 Å². The number of nitro benzene ring substituents is 1. The maximum absolute atomic E-state index is 11.5. The minimum absolute atomic E-state index is 0.0873. The second-order valence-electron chi connectivity index (χ2n) is 3.67. The van der Waals surface area contributed by atoms with E-state index >= 15 is 0 Å². The number of carboxylic acid groups (broad SMARTS) is 1. The minimum atomic E-state index is -1.27. The number of anilines is 1. The van der Waals surface area contributed by atoms with Gasteiger partial charge in [0, 0.05) is 18.6 Å². The van der Waals surface area contributed by atoms with Gasteiger partial charge in [0.25, 0.3) is 5.69 Å². The lowest BCUT2D eigenvalue weighted by atomic mass is 10.1. The molecule has 0 aliphatic rings. The average molecular weight is 264 g/mol. The summed E-state index contributed by atoms with van der Waals surface area (Å²) >= 11 is 0. The molecule has 1 amide bonds. The summed E-state index contributed by atoms with van der Waals surface area (Å²) in [6, 6.07) is 3.18. The predicted molar refractivity (Wildman–Crippen MR) is 68.1 cm³/mol. The summed E-state index contributed by atoms with van der Waals surface area (Å²) in [5, 5.41) is 21.9. The normalized spacial score (nSPS) is 9.68. The molecule has 0 aliphatic carbocycles. The van der Waals surface area contributed by atoms with Gasteiger partial charge in [-0.3, -0.25) is 14.9 Å². The average Bonchev–Trinajstić information content (AvgIpc) is 2.35. The van der Waals surface area contributed by atoms with E-state index in [1.807, 2.05) is 0 Å². The van der Waals surface area contributed by atoms with Crippen LogP contribution in [0.25, 0.3) is 0 Å². The summed E-state index contributed by atoms with van der Waals surface area (Å²) in [5.74, 6) is -1.70. The number of hydrogen-bond acceptors (Lipinski definition) is 4. The molecule has 0 unspecified atom stereocenters. The highest BCUT2D eigenvalue weighted by atomic mass is 16.6. The summed E-state index contributed by atoms with van der Waals surface area (Å²) in [6.45, 7) is 3.46. The molecule has 19 heavy (non-hydrogen) atoms. The van der Waals surface area contributed by atoms with E-state index < -0.39 is 16.8 Å². The zero-order valence-electron chi connectivity index (χ0n) is 9.96. The number of amides is 1. The minimum Gasteiger partial charge on any atom is -0.478 e. The van der Waals surface area contributed by atoms with Gasteiger partial charge in [-0.15, -0.1) is 6.58 Å². The van der Waals surface area contributed by atoms with E-state index in [-0.39, 0.29) is 23.4 Å². The zero-order chi connectivity index (χ0) is 14.4. The number of carboxylic acids is 1. The van der Waals surface area contributed by atoms with E-state index in [2.05, 4.69) is 11.9 Å². The van der Waals surface area contributed by atoms with Gasteiger partial charge < -0.3 is 10.4 Å². The van der Waals surface area contributed by atoms with Gasteiger partial charge in [0.1, 0.15) is 0 Å². The monoisotopic (exact) mass is 264 g/mol. The highest BCUT2D eigenvalue weighted by Gasteiger charge is 2.16. The second kappa shape index (κ2) is 6.29. The molecule has 7 nitrogen and oxygen atoms in total. The highest BCUT2D eigenvalue weighted by Crippen LogP contribution is 2.23. The van der Waals surface area contributed by atoms with Gasteiger partial charge in [-0.05, 0) is 12.5 Å². The maximum atomic E-state index is 11.5. The molecule has 1 aromatic rings. The molecule has 1 aromatic carbocycles. The van der Waals surface area contributed by atoms with Gasteiger partial charge in [-0.25, -0.2) is 4.79 Å². The van der Waals surface area contributed by atoms with Gasteiger partial charge in [0.15, 0.2) is 0 Å². The number of nitrogens with zero attached hydrogens (tertiary/aromatic N) is 1. The van der Waals surface area contributed by atoms with Gasteiger partial charge in [-0.1, -0.05) is 6.08 Å². The van der Waals surface area contributed by atoms with E-state index in [0.29, 0.717) is 6.42 Å². The lowest BCUT2D eigenvalue weighted by molar-refractivity contribution is -0.384. The molecule has 0 spiro atoms. The number of aromatic carboxylic acids is 1. The molecular formula is C12H12N2O5. The zero-order valence-corrected chi connectivity index (χ0v) is 9.96. The maximum Gasteiger partial charge on any atom is 0.337 e. The van der Waals surface area contributed by atoms with Gasteiger partial charge >= 0.3 is 5.97 Å². The third-order valence-electron chi connectivity index (χ3n) is 2.29. The number of non-ortho nitro benzene ring substituents is 1. The standard InChI is InChI=1S/C12H12N2O5/c1-2-3-4-11(15)13-10-7-8(14(18)19)5-6-9(10)12(16)17/h2,5-7H,1,3-4H2,(H,13,15)(H,16,17). The number of rotatable bonds is 6. The predicted octanol–water partition coefficient (Wildman–Crippen LogP) is 2.20. The Balaban J connectivity index is 3.04. The molecule has 0 aromatic heterocycles. The molecule has 2 N–H and O–H groups in total. The third kappa shape index (κ3) is 3.91. The largest absolute Gasteiger partial charge is 0.478 e. The molecule has 0 aliphatic heterocycles. The molecule has 0 heterocycles. The van der Waals surface area contributed by atoms with Crippen LogP contribution in [0, 0.1) is 10.1 Å². The van der Waals surface area contributed by atoms with Crippen molar-refractivity contribution >= 4 is 23.3 Å². The Kier molecular flexibility index (Phi) is 4.76. The summed E-state index contributed by atoms with van der Waals surface area (Å²) in [4.78, 5) is 32.4. The molecule has 1 rings (SSSR count). The van der Waals surface area contributed by atoms with E-state index in [0.717, 1.165) is 18.2 Å². The highest BCUT2D eigenvalue weighted by molar-refractivity contribution is 6.01. The fourth-order valence-corrected chi connectivity index (χ4v) is 1.38. The van der Waals surface area contributed by atoms with Crippen molar-refractivity contribution in [1.82, 2.24) is 0 Å². The van der Waals surface area contributed by atoms with Gasteiger partial charge in [0.05, 0.1) is 16.2 Å². The molecule has 0 saturated heterocycles. The Labute approximate surface area is 108 Å². The summed E-state index contributed by atoms with van der Waals surface area (Å²) in [5.41, 5.74) is -0.572. The number of carbonyl (C=O) groups is 2. The molecule has 0 radical (unpaired) electrons. The van der Waals surface area contributed by atoms with Crippen LogP contribution < -0.4 is 5.32 Å². The number of hydrogen-bond donors (Lipinski definition) is 2. The topological polar surface area (TPSA) is 110 Å². The van der Waals surface area contributed by atoms with E-state index in [4.69, 9.17) is 5.11 Å². The lowest BCUT2D eigenvalue weighted by Crippen LogP contribution is -2.14. The number of carbonyl (C=O) groups excluding carboxylic acids is 1. The van der Waals surface area contributed by atoms with E-state index in [1.54, 1.807) is 6.08 Å². The van der Waals surface area contributed by atoms with Gasteiger partial charge in [0.2, 0.25) is 5.91 Å². The lowest BCUT2D eigenvalue weighted by Gasteiger charge is -2.07. The van der Waals surface area contributed by atoms with Crippen LogP contribution in [0.1, 0.15) is 23.2 Å². The Hall–Kier alpha value is -2.70. The Morgan fingerprint density at radius 3 is 2.68 bits per heavy atom. The van der Waals surface area contributed by atoms with Crippen molar-refractivity contribution in [3.8, 4) is 0 Å². The van der Waals surface area contributed by atoms with Gasteiger partial charge in [-0.2, -0.15) is 0 Å². The van der Waals surface area contributed by atoms with Crippen LogP contribution in [-0.4, -0.2) is 21.9 Å². The molecule has 0 bridgehead atoms. The van der Waals surface area contributed by atoms with Crippen LogP contribution in [0.5, 0.6) is 0 Å². The number of nitrogens with one attached hydrogen (secondary N) is 1. The Morgan fingerprint density at radius 2 is 2.16 bits per heavy atom. The van der Waals surface area contributed by atoms with Crippen LogP contribution in [0.15, 0.2) is 30.9 Å². The van der Waals surface area contributed by atoms with Crippen molar-refractivity contribution in [2.45, 2.75) is 12.8 Å². The first kappa shape index (κ1) is 14.4. The molecule has 100 valence electrons. The molecule has 7 heteroatoms. The van der Waals surface area contributed by atoms with Crippen molar-refractivity contribution in [3.05, 3.63) is 46.5 Å². The first-order valence-electron chi connectivity index (χ1n) is 5.38. The van der Waals surface area contributed by atoms with E-state index in [9.17, 15) is 19.7 Å². The summed E-state index contributed by atoms with van der Waals surface area (Å²) in [6.07, 6.45) is 2.11. The van der Waals surface area contributed by atoms with Crippen LogP contribution in [0.3, 0.4) is 0 Å². The molecule has 0 atom stereocenters. The Morgan fingerprint density at radius 1 is 1.47 bits per heavy atom. The molecule has 0 saturated carbocycles. The number of nitro groups is 1. The van der Waals surface area contributed by atoms with Crippen molar-refractivity contribution in [2.75, 3.05) is 5.32 Å².